The molecule has 2 heterocycles. The van der Waals surface area contributed by atoms with E-state index in [1.165, 1.54) is 5.56 Å². The van der Waals surface area contributed by atoms with E-state index in [9.17, 15) is 4.79 Å². The number of methoxy groups -OCH3 is 1. The molecule has 1 aliphatic carbocycles. The van der Waals surface area contributed by atoms with Crippen LogP contribution in [0.1, 0.15) is 48.4 Å². The first-order valence-corrected chi connectivity index (χ1v) is 10.2. The Hall–Kier alpha value is -3.48. The molecule has 7 nitrogen and oxygen atoms in total. The molecule has 0 saturated heterocycles. The maximum atomic E-state index is 13.4. The van der Waals surface area contributed by atoms with Crippen molar-refractivity contribution in [2.24, 2.45) is 0 Å². The number of carbonyl (C=O) groups excluding carboxylic acids is 1. The lowest BCUT2D eigenvalue weighted by Crippen LogP contribution is -2.33. The summed E-state index contributed by atoms with van der Waals surface area (Å²) in [4.78, 5) is 13.4. The number of ether oxygens (including phenoxy) is 1. The molecular weight excluding hydrogens is 378 g/mol. The number of ketones is 1. The van der Waals surface area contributed by atoms with Gasteiger partial charge in [0.15, 0.2) is 5.78 Å². The number of aryl methyl sites for hydroxylation is 1. The fourth-order valence-corrected chi connectivity index (χ4v) is 4.43. The Kier molecular flexibility index (Phi) is 4.58. The molecule has 0 spiro atoms. The average molecular weight is 401 g/mol. The van der Waals surface area contributed by atoms with Crippen LogP contribution in [-0.4, -0.2) is 33.1 Å². The Morgan fingerprint density at radius 3 is 2.50 bits per heavy atom. The molecule has 0 bridgehead atoms. The number of allylic oxidation sites excluding steroid dienone is 2. The van der Waals surface area contributed by atoms with Gasteiger partial charge in [-0.2, -0.15) is 4.68 Å². The van der Waals surface area contributed by atoms with Crippen LogP contribution >= 0.6 is 0 Å². The molecule has 0 saturated carbocycles. The maximum Gasteiger partial charge on any atom is 0.248 e. The lowest BCUT2D eigenvalue weighted by atomic mass is 9.78. The average Bonchev–Trinajstić information content (AvgIpc) is 3.26. The summed E-state index contributed by atoms with van der Waals surface area (Å²) in [6.45, 7) is 2.13. The highest BCUT2D eigenvalue weighted by atomic mass is 16.5. The minimum absolute atomic E-state index is 0.111. The summed E-state index contributed by atoms with van der Waals surface area (Å²) in [6.07, 6.45) is 2.18. The highest BCUT2D eigenvalue weighted by Crippen LogP contribution is 2.43. The van der Waals surface area contributed by atoms with Gasteiger partial charge in [0.25, 0.3) is 0 Å². The summed E-state index contributed by atoms with van der Waals surface area (Å²) in [6, 6.07) is 16.0. The zero-order chi connectivity index (χ0) is 20.7. The second-order valence-corrected chi connectivity index (χ2v) is 7.76. The minimum atomic E-state index is -0.304. The van der Waals surface area contributed by atoms with E-state index < -0.39 is 0 Å². The zero-order valence-corrected chi connectivity index (χ0v) is 17.0. The van der Waals surface area contributed by atoms with Gasteiger partial charge in [-0.3, -0.25) is 4.79 Å². The van der Waals surface area contributed by atoms with Crippen molar-refractivity contribution in [3.63, 3.8) is 0 Å². The summed E-state index contributed by atoms with van der Waals surface area (Å²) in [7, 11) is 1.65. The van der Waals surface area contributed by atoms with Gasteiger partial charge in [-0.1, -0.05) is 48.4 Å². The van der Waals surface area contributed by atoms with E-state index in [0.717, 1.165) is 41.0 Å². The molecule has 30 heavy (non-hydrogen) atoms. The first-order chi connectivity index (χ1) is 14.7. The molecule has 5 rings (SSSR count). The molecule has 0 radical (unpaired) electrons. The van der Waals surface area contributed by atoms with Crippen molar-refractivity contribution in [2.75, 3.05) is 12.4 Å². The van der Waals surface area contributed by atoms with Crippen LogP contribution in [0, 0.1) is 0 Å². The Bertz CT molecular complexity index is 1120. The van der Waals surface area contributed by atoms with Crippen LogP contribution in [0.3, 0.4) is 0 Å². The summed E-state index contributed by atoms with van der Waals surface area (Å²) >= 11 is 0. The van der Waals surface area contributed by atoms with Gasteiger partial charge in [-0.05, 0) is 58.0 Å². The first-order valence-electron chi connectivity index (χ1n) is 10.2. The van der Waals surface area contributed by atoms with Crippen LogP contribution in [0.4, 0.5) is 5.95 Å². The van der Waals surface area contributed by atoms with Gasteiger partial charge in [0, 0.05) is 17.7 Å². The summed E-state index contributed by atoms with van der Waals surface area (Å²) in [5.41, 5.74) is 5.09. The Balaban J connectivity index is 1.54. The van der Waals surface area contributed by atoms with Crippen molar-refractivity contribution in [1.29, 1.82) is 0 Å². The number of hydrogen-bond donors (Lipinski definition) is 1. The first kappa shape index (κ1) is 18.5. The molecule has 152 valence electrons. The van der Waals surface area contributed by atoms with Crippen LogP contribution in [0.25, 0.3) is 0 Å². The molecule has 1 aromatic heterocycles. The van der Waals surface area contributed by atoms with Crippen molar-refractivity contribution in [3.8, 4) is 5.75 Å². The van der Waals surface area contributed by atoms with Crippen LogP contribution in [0.5, 0.6) is 5.75 Å². The fraction of sp³-hybridized carbons (Fsp3) is 0.304. The van der Waals surface area contributed by atoms with E-state index in [1.54, 1.807) is 11.8 Å². The summed E-state index contributed by atoms with van der Waals surface area (Å²) in [5, 5.41) is 15.5. The standard InChI is InChI=1S/C23H23N5O2/c1-3-14-4-6-16(7-5-14)22-21-19(24-23-25-26-27-28(22)23)12-17(13-20(21)29)15-8-10-18(30-2)11-9-15/h4-11,17,22H,3,12-13H2,1-2H3,(H,24,25,27)/t17-,22+/m1/s1. The van der Waals surface area contributed by atoms with Gasteiger partial charge >= 0.3 is 0 Å². The van der Waals surface area contributed by atoms with E-state index in [1.807, 2.05) is 24.3 Å². The number of benzene rings is 2. The monoisotopic (exact) mass is 401 g/mol. The normalized spacial score (nSPS) is 20.4. The second-order valence-electron chi connectivity index (χ2n) is 7.76. The minimum Gasteiger partial charge on any atom is -0.497 e. The molecule has 3 aromatic rings. The smallest absolute Gasteiger partial charge is 0.248 e. The van der Waals surface area contributed by atoms with Crippen molar-refractivity contribution in [2.45, 2.75) is 38.1 Å². The van der Waals surface area contributed by atoms with Gasteiger partial charge in [0.05, 0.1) is 7.11 Å². The molecule has 2 atom stereocenters. The number of anilines is 1. The van der Waals surface area contributed by atoms with Crippen molar-refractivity contribution < 1.29 is 9.53 Å². The van der Waals surface area contributed by atoms with E-state index in [2.05, 4.69) is 52.0 Å². The van der Waals surface area contributed by atoms with Crippen LogP contribution < -0.4 is 10.1 Å². The number of fused-ring (bicyclic) bond motifs is 1. The van der Waals surface area contributed by atoms with Gasteiger partial charge in [-0.15, -0.1) is 0 Å². The lowest BCUT2D eigenvalue weighted by molar-refractivity contribution is -0.116. The molecule has 1 N–H and O–H groups in total. The predicted molar refractivity (Wildman–Crippen MR) is 112 cm³/mol. The van der Waals surface area contributed by atoms with Gasteiger partial charge in [0.2, 0.25) is 5.95 Å². The van der Waals surface area contributed by atoms with Crippen LogP contribution in [0.15, 0.2) is 59.8 Å². The predicted octanol–water partition coefficient (Wildman–Crippen LogP) is 3.66. The van der Waals surface area contributed by atoms with Crippen molar-refractivity contribution >= 4 is 11.7 Å². The number of tetrazole rings is 1. The highest BCUT2D eigenvalue weighted by molar-refractivity contribution is 6.00. The number of nitrogens with one attached hydrogen (secondary N) is 1. The van der Waals surface area contributed by atoms with Gasteiger partial charge in [0.1, 0.15) is 11.8 Å². The van der Waals surface area contributed by atoms with Crippen LogP contribution in [0.2, 0.25) is 0 Å². The quantitative estimate of drug-likeness (QED) is 0.719. The SMILES string of the molecule is CCc1ccc([C@H]2C3=C(C[C@@H](c4ccc(OC)cc4)CC3=O)Nc3nnnn32)cc1. The van der Waals surface area contributed by atoms with E-state index >= 15 is 0 Å². The third kappa shape index (κ3) is 3.07. The fourth-order valence-electron chi connectivity index (χ4n) is 4.43. The largest absolute Gasteiger partial charge is 0.497 e. The molecule has 0 amide bonds. The Morgan fingerprint density at radius 1 is 1.07 bits per heavy atom. The second kappa shape index (κ2) is 7.40. The molecule has 2 aromatic carbocycles. The molecule has 0 unspecified atom stereocenters. The molecule has 2 aliphatic rings. The Labute approximate surface area is 174 Å². The molecule has 0 fully saturated rings. The summed E-state index contributed by atoms with van der Waals surface area (Å²) in [5.74, 6) is 1.63. The zero-order valence-electron chi connectivity index (χ0n) is 17.0. The highest BCUT2D eigenvalue weighted by Gasteiger charge is 2.39. The number of carbonyl (C=O) groups is 1. The summed E-state index contributed by atoms with van der Waals surface area (Å²) < 4.78 is 6.97. The van der Waals surface area contributed by atoms with Gasteiger partial charge < -0.3 is 10.1 Å². The lowest BCUT2D eigenvalue weighted by Gasteiger charge is -2.34. The molecule has 7 heteroatoms. The maximum absolute atomic E-state index is 13.4. The third-order valence-corrected chi connectivity index (χ3v) is 6.07. The van der Waals surface area contributed by atoms with Gasteiger partial charge in [-0.25, -0.2) is 0 Å². The number of nitrogens with zero attached hydrogens (tertiary/aromatic N) is 4. The molecular formula is C23H23N5O2. The topological polar surface area (TPSA) is 81.9 Å². The van der Waals surface area contributed by atoms with Crippen molar-refractivity contribution in [1.82, 2.24) is 20.2 Å². The van der Waals surface area contributed by atoms with Crippen molar-refractivity contribution in [3.05, 3.63) is 76.5 Å². The van der Waals surface area contributed by atoms with Crippen LogP contribution in [-0.2, 0) is 11.2 Å². The van der Waals surface area contributed by atoms with E-state index in [4.69, 9.17) is 4.74 Å². The number of hydrogen-bond acceptors (Lipinski definition) is 6. The Morgan fingerprint density at radius 2 is 1.80 bits per heavy atom. The number of rotatable bonds is 4. The molecule has 1 aliphatic heterocycles. The van der Waals surface area contributed by atoms with E-state index in [-0.39, 0.29) is 17.7 Å². The van der Waals surface area contributed by atoms with E-state index in [0.29, 0.717) is 12.4 Å². The number of aromatic nitrogens is 4. The number of Topliss-reactive ketones (excluding diaryl/α,β-unsaturated/α-hetero) is 1. The third-order valence-electron chi connectivity index (χ3n) is 6.07.